The number of nitrogens with zero attached hydrogens (tertiary/aromatic N) is 3. The summed E-state index contributed by atoms with van der Waals surface area (Å²) in [6.45, 7) is 9.74. The van der Waals surface area contributed by atoms with Crippen LogP contribution in [-0.2, 0) is 9.47 Å². The summed E-state index contributed by atoms with van der Waals surface area (Å²) in [7, 11) is 3.56. The van der Waals surface area contributed by atoms with Crippen molar-refractivity contribution in [1.29, 1.82) is 0 Å². The third-order valence-electron chi connectivity index (χ3n) is 4.62. The van der Waals surface area contributed by atoms with E-state index < -0.39 is 0 Å². The Morgan fingerprint density at radius 3 is 2.62 bits per heavy atom. The number of rotatable bonds is 10. The van der Waals surface area contributed by atoms with Gasteiger partial charge in [-0.25, -0.2) is 0 Å². The van der Waals surface area contributed by atoms with Crippen molar-refractivity contribution in [3.63, 3.8) is 0 Å². The van der Waals surface area contributed by atoms with Crippen LogP contribution >= 0.6 is 24.0 Å². The van der Waals surface area contributed by atoms with Crippen molar-refractivity contribution in [1.82, 2.24) is 15.1 Å². The molecule has 1 saturated heterocycles. The first-order valence-electron chi connectivity index (χ1n) is 9.03. The zero-order valence-electron chi connectivity index (χ0n) is 15.5. The quantitative estimate of drug-likeness (QED) is 0.309. The SMILES string of the molecule is CCNC(=NCCN(CCOC)C1CC1)N1CCC(COC)C1.I. The zero-order valence-corrected chi connectivity index (χ0v) is 17.8. The minimum atomic E-state index is 0. The molecule has 1 saturated carbocycles. The lowest BCUT2D eigenvalue weighted by molar-refractivity contribution is 0.145. The fourth-order valence-electron chi connectivity index (χ4n) is 3.23. The fraction of sp³-hybridized carbons (Fsp3) is 0.941. The van der Waals surface area contributed by atoms with E-state index >= 15 is 0 Å². The predicted octanol–water partition coefficient (Wildman–Crippen LogP) is 1.65. The van der Waals surface area contributed by atoms with Crippen molar-refractivity contribution in [2.24, 2.45) is 10.9 Å². The summed E-state index contributed by atoms with van der Waals surface area (Å²) >= 11 is 0. The fourth-order valence-corrected chi connectivity index (χ4v) is 3.23. The Morgan fingerprint density at radius 1 is 1.21 bits per heavy atom. The monoisotopic (exact) mass is 454 g/mol. The van der Waals surface area contributed by atoms with E-state index in [4.69, 9.17) is 14.5 Å². The van der Waals surface area contributed by atoms with Crippen molar-refractivity contribution in [3.8, 4) is 0 Å². The number of ether oxygens (including phenoxy) is 2. The highest BCUT2D eigenvalue weighted by atomic mass is 127. The number of hydrogen-bond donors (Lipinski definition) is 1. The summed E-state index contributed by atoms with van der Waals surface area (Å²) in [5, 5.41) is 3.44. The molecule has 142 valence electrons. The Labute approximate surface area is 164 Å². The molecule has 6 nitrogen and oxygen atoms in total. The Hall–Kier alpha value is -0.120. The van der Waals surface area contributed by atoms with Crippen LogP contribution in [0.25, 0.3) is 0 Å². The molecule has 2 rings (SSSR count). The molecule has 7 heteroatoms. The summed E-state index contributed by atoms with van der Waals surface area (Å²) in [5.74, 6) is 1.70. The van der Waals surface area contributed by atoms with Gasteiger partial charge in [0.1, 0.15) is 0 Å². The number of nitrogens with one attached hydrogen (secondary N) is 1. The van der Waals surface area contributed by atoms with Crippen molar-refractivity contribution in [3.05, 3.63) is 0 Å². The molecule has 1 unspecified atom stereocenters. The largest absolute Gasteiger partial charge is 0.384 e. The second kappa shape index (κ2) is 12.3. The minimum Gasteiger partial charge on any atom is -0.384 e. The number of hydrogen-bond acceptors (Lipinski definition) is 4. The van der Waals surface area contributed by atoms with Gasteiger partial charge < -0.3 is 19.7 Å². The predicted molar refractivity (Wildman–Crippen MR) is 109 cm³/mol. The molecule has 24 heavy (non-hydrogen) atoms. The molecule has 0 amide bonds. The van der Waals surface area contributed by atoms with Gasteiger partial charge in [-0.05, 0) is 26.2 Å². The third kappa shape index (κ3) is 7.41. The lowest BCUT2D eigenvalue weighted by atomic mass is 10.1. The molecule has 0 aromatic rings. The molecule has 2 aliphatic rings. The van der Waals surface area contributed by atoms with E-state index in [1.54, 1.807) is 14.2 Å². The van der Waals surface area contributed by atoms with Gasteiger partial charge in [-0.1, -0.05) is 0 Å². The van der Waals surface area contributed by atoms with Crippen LogP contribution in [0, 0.1) is 5.92 Å². The Morgan fingerprint density at radius 2 is 2.00 bits per heavy atom. The molecule has 1 aliphatic heterocycles. The zero-order chi connectivity index (χ0) is 16.5. The molecular weight excluding hydrogens is 419 g/mol. The highest BCUT2D eigenvalue weighted by Crippen LogP contribution is 2.26. The van der Waals surface area contributed by atoms with Crippen LogP contribution in [0.1, 0.15) is 26.2 Å². The second-order valence-electron chi connectivity index (χ2n) is 6.55. The van der Waals surface area contributed by atoms with Gasteiger partial charge in [0.2, 0.25) is 0 Å². The van der Waals surface area contributed by atoms with Crippen molar-refractivity contribution >= 4 is 29.9 Å². The van der Waals surface area contributed by atoms with Crippen LogP contribution in [0.3, 0.4) is 0 Å². The standard InChI is InChI=1S/C17H34N4O2.HI/c1-4-18-17(21-9-7-15(13-21)14-23-3)19-8-10-20(11-12-22-2)16-5-6-16;/h15-16H,4-14H2,1-3H3,(H,18,19);1H. The van der Waals surface area contributed by atoms with Gasteiger partial charge in [0.15, 0.2) is 5.96 Å². The van der Waals surface area contributed by atoms with Gasteiger partial charge in [-0.3, -0.25) is 9.89 Å². The van der Waals surface area contributed by atoms with E-state index in [9.17, 15) is 0 Å². The lowest BCUT2D eigenvalue weighted by Gasteiger charge is -2.23. The molecular formula is C17H35IN4O2. The first kappa shape index (κ1) is 21.9. The number of aliphatic imine (C=N–C) groups is 1. The van der Waals surface area contributed by atoms with Gasteiger partial charge in [0.25, 0.3) is 0 Å². The number of guanidine groups is 1. The van der Waals surface area contributed by atoms with Crippen molar-refractivity contribution in [2.45, 2.75) is 32.2 Å². The Balaban J connectivity index is 0.00000288. The number of halogens is 1. The van der Waals surface area contributed by atoms with E-state index in [1.807, 2.05) is 0 Å². The summed E-state index contributed by atoms with van der Waals surface area (Å²) in [6.07, 6.45) is 3.86. The van der Waals surface area contributed by atoms with E-state index in [-0.39, 0.29) is 24.0 Å². The summed E-state index contributed by atoms with van der Waals surface area (Å²) in [5.41, 5.74) is 0. The number of likely N-dealkylation sites (tertiary alicyclic amines) is 1. The molecule has 0 bridgehead atoms. The topological polar surface area (TPSA) is 49.3 Å². The van der Waals surface area contributed by atoms with Crippen LogP contribution in [0.15, 0.2) is 4.99 Å². The Bertz CT molecular complexity index is 366. The van der Waals surface area contributed by atoms with Crippen LogP contribution in [0.4, 0.5) is 0 Å². The average molecular weight is 454 g/mol. The van der Waals surface area contributed by atoms with Crippen LogP contribution in [0.5, 0.6) is 0 Å². The lowest BCUT2D eigenvalue weighted by Crippen LogP contribution is -2.41. The number of methoxy groups -OCH3 is 2. The maximum Gasteiger partial charge on any atom is 0.193 e. The summed E-state index contributed by atoms with van der Waals surface area (Å²) < 4.78 is 10.5. The molecule has 1 atom stereocenters. The smallest absolute Gasteiger partial charge is 0.193 e. The van der Waals surface area contributed by atoms with Gasteiger partial charge in [-0.2, -0.15) is 0 Å². The van der Waals surface area contributed by atoms with E-state index in [0.717, 1.165) is 64.5 Å². The van der Waals surface area contributed by atoms with Gasteiger partial charge in [0.05, 0.1) is 19.8 Å². The van der Waals surface area contributed by atoms with E-state index in [2.05, 4.69) is 22.0 Å². The van der Waals surface area contributed by atoms with Gasteiger partial charge in [-0.15, -0.1) is 24.0 Å². The van der Waals surface area contributed by atoms with Crippen molar-refractivity contribution < 1.29 is 9.47 Å². The third-order valence-corrected chi connectivity index (χ3v) is 4.62. The maximum absolute atomic E-state index is 5.29. The molecule has 1 heterocycles. The molecule has 0 aromatic carbocycles. The molecule has 0 spiro atoms. The first-order chi connectivity index (χ1) is 11.3. The normalized spacial score (nSPS) is 21.2. The van der Waals surface area contributed by atoms with Crippen LogP contribution in [-0.4, -0.2) is 88.5 Å². The molecule has 1 N–H and O–H groups in total. The maximum atomic E-state index is 5.29. The highest BCUT2D eigenvalue weighted by Gasteiger charge is 2.28. The van der Waals surface area contributed by atoms with Gasteiger partial charge >= 0.3 is 0 Å². The second-order valence-corrected chi connectivity index (χ2v) is 6.55. The Kier molecular flexibility index (Phi) is 11.2. The molecule has 1 aliphatic carbocycles. The molecule has 2 fully saturated rings. The molecule has 0 aromatic heterocycles. The van der Waals surface area contributed by atoms with Crippen molar-refractivity contribution in [2.75, 3.05) is 66.7 Å². The van der Waals surface area contributed by atoms with E-state index in [0.29, 0.717) is 5.92 Å². The first-order valence-corrected chi connectivity index (χ1v) is 9.03. The van der Waals surface area contributed by atoms with Crippen LogP contribution < -0.4 is 5.32 Å². The molecule has 0 radical (unpaired) electrons. The highest BCUT2D eigenvalue weighted by molar-refractivity contribution is 14.0. The average Bonchev–Trinajstić information content (AvgIpc) is 3.29. The minimum absolute atomic E-state index is 0. The van der Waals surface area contributed by atoms with E-state index in [1.165, 1.54) is 19.3 Å². The van der Waals surface area contributed by atoms with Gasteiger partial charge in [0, 0.05) is 58.9 Å². The summed E-state index contributed by atoms with van der Waals surface area (Å²) in [4.78, 5) is 9.76. The van der Waals surface area contributed by atoms with Crippen LogP contribution in [0.2, 0.25) is 0 Å². The summed E-state index contributed by atoms with van der Waals surface area (Å²) in [6, 6.07) is 0.765.